The fourth-order valence-electron chi connectivity index (χ4n) is 5.59. The lowest BCUT2D eigenvalue weighted by Gasteiger charge is -2.41. The Balaban J connectivity index is 0.000000230. The summed E-state index contributed by atoms with van der Waals surface area (Å²) in [5.41, 5.74) is 2.94. The van der Waals surface area contributed by atoms with E-state index < -0.39 is 8.32 Å². The lowest BCUT2D eigenvalue weighted by molar-refractivity contribution is 0.109. The van der Waals surface area contributed by atoms with Crippen LogP contribution in [0.2, 0.25) is 18.1 Å². The molecule has 2 aromatic carbocycles. The van der Waals surface area contributed by atoms with Crippen LogP contribution in [0.4, 0.5) is 0 Å². The molecule has 39 heavy (non-hydrogen) atoms. The van der Waals surface area contributed by atoms with Crippen molar-refractivity contribution in [3.63, 3.8) is 0 Å². The molecule has 0 heterocycles. The Morgan fingerprint density at radius 3 is 1.44 bits per heavy atom. The predicted molar refractivity (Wildman–Crippen MR) is 176 cm³/mol. The molecular weight excluding hydrogens is 533 g/mol. The molecule has 0 atom stereocenters. The molecule has 0 bridgehead atoms. The van der Waals surface area contributed by atoms with Gasteiger partial charge in [0, 0.05) is 15.9 Å². The summed E-state index contributed by atoms with van der Waals surface area (Å²) >= 11 is 3.61. The van der Waals surface area contributed by atoms with E-state index in [2.05, 4.69) is 94.9 Å². The normalized spacial score (nSPS) is 24.1. The molecule has 2 aliphatic carbocycles. The van der Waals surface area contributed by atoms with Crippen LogP contribution in [-0.4, -0.2) is 38.1 Å². The third kappa shape index (κ3) is 10.9. The van der Waals surface area contributed by atoms with Crippen LogP contribution >= 0.6 is 23.5 Å². The van der Waals surface area contributed by atoms with Crippen LogP contribution < -0.4 is 0 Å². The summed E-state index contributed by atoms with van der Waals surface area (Å²) in [6.07, 6.45) is 16.6. The minimum atomic E-state index is -1.60. The maximum absolute atomic E-state index is 9.46. The average molecular weight is 587 g/mol. The van der Waals surface area contributed by atoms with Gasteiger partial charge >= 0.3 is 0 Å². The molecule has 0 radical (unpaired) electrons. The van der Waals surface area contributed by atoms with E-state index in [9.17, 15) is 5.11 Å². The molecule has 2 saturated carbocycles. The van der Waals surface area contributed by atoms with Crippen molar-refractivity contribution in [1.29, 1.82) is 0 Å². The third-order valence-corrected chi connectivity index (χ3v) is 15.3. The van der Waals surface area contributed by atoms with Crippen molar-refractivity contribution < 1.29 is 9.53 Å². The van der Waals surface area contributed by atoms with Gasteiger partial charge in [-0.05, 0) is 142 Å². The van der Waals surface area contributed by atoms with Crippen LogP contribution in [0.25, 0.3) is 0 Å². The van der Waals surface area contributed by atoms with Gasteiger partial charge in [0.25, 0.3) is 0 Å². The van der Waals surface area contributed by atoms with Gasteiger partial charge in [0.1, 0.15) is 0 Å². The highest BCUT2D eigenvalue weighted by molar-refractivity contribution is 7.98. The van der Waals surface area contributed by atoms with Crippen molar-refractivity contribution in [2.45, 2.75) is 125 Å². The molecule has 0 spiro atoms. The van der Waals surface area contributed by atoms with Gasteiger partial charge in [-0.15, -0.1) is 23.5 Å². The first-order valence-electron chi connectivity index (χ1n) is 15.1. The monoisotopic (exact) mass is 586 g/mol. The highest BCUT2D eigenvalue weighted by atomic mass is 32.2. The summed E-state index contributed by atoms with van der Waals surface area (Å²) in [7, 11) is -1.60. The first kappa shape index (κ1) is 32.8. The Hall–Kier alpha value is -0.723. The van der Waals surface area contributed by atoms with Gasteiger partial charge < -0.3 is 9.53 Å². The van der Waals surface area contributed by atoms with Crippen LogP contribution in [-0.2, 0) is 17.3 Å². The zero-order valence-corrected chi connectivity index (χ0v) is 28.3. The maximum Gasteiger partial charge on any atom is 0.192 e. The van der Waals surface area contributed by atoms with E-state index in [0.717, 1.165) is 24.7 Å². The smallest absolute Gasteiger partial charge is 0.192 e. The van der Waals surface area contributed by atoms with Gasteiger partial charge in [-0.25, -0.2) is 0 Å². The fraction of sp³-hybridized carbons (Fsp3) is 0.647. The standard InChI is InChI=1S/C20H34OSSi.C14H20OS/c1-20(2,3)23(5,6)21-18-11-7-16(8-12-18)15-17-9-13-19(22-4)14-10-17;1-16-14-8-4-12(5-9-14)10-11-2-6-13(15)7-3-11/h9-10,13-14,16,18H,7-8,11-12,15H2,1-6H3;4-5,8-9,11,13,15H,2-3,6-7,10H2,1H3. The van der Waals surface area contributed by atoms with Gasteiger partial charge in [0.15, 0.2) is 8.32 Å². The molecule has 0 unspecified atom stereocenters. The van der Waals surface area contributed by atoms with E-state index in [4.69, 9.17) is 4.43 Å². The lowest BCUT2D eigenvalue weighted by atomic mass is 9.83. The minimum absolute atomic E-state index is 0.0323. The quantitative estimate of drug-likeness (QED) is 0.246. The summed E-state index contributed by atoms with van der Waals surface area (Å²) in [5.74, 6) is 1.62. The van der Waals surface area contributed by atoms with Crippen molar-refractivity contribution in [1.82, 2.24) is 0 Å². The topological polar surface area (TPSA) is 29.5 Å². The third-order valence-electron chi connectivity index (χ3n) is 9.24. The molecular formula is C34H54O2S2Si. The van der Waals surface area contributed by atoms with Crippen molar-refractivity contribution >= 4 is 31.8 Å². The zero-order chi connectivity index (χ0) is 28.5. The van der Waals surface area contributed by atoms with Crippen molar-refractivity contribution in [3.8, 4) is 0 Å². The van der Waals surface area contributed by atoms with Crippen LogP contribution in [0, 0.1) is 11.8 Å². The molecule has 0 aromatic heterocycles. The largest absolute Gasteiger partial charge is 0.414 e. The Morgan fingerprint density at radius 1 is 0.692 bits per heavy atom. The Kier molecular flexibility index (Phi) is 13.0. The number of rotatable bonds is 8. The summed E-state index contributed by atoms with van der Waals surface area (Å²) in [5, 5.41) is 9.78. The molecule has 0 amide bonds. The van der Waals surface area contributed by atoms with Crippen LogP contribution in [0.15, 0.2) is 58.3 Å². The van der Waals surface area contributed by atoms with Gasteiger partial charge in [0.05, 0.1) is 6.10 Å². The summed E-state index contributed by atoms with van der Waals surface area (Å²) < 4.78 is 6.61. The first-order chi connectivity index (χ1) is 18.5. The Morgan fingerprint density at radius 2 is 1.08 bits per heavy atom. The summed E-state index contributed by atoms with van der Waals surface area (Å²) in [4.78, 5) is 2.70. The van der Waals surface area contributed by atoms with E-state index in [1.54, 1.807) is 11.8 Å². The number of aliphatic hydroxyl groups is 1. The molecule has 5 heteroatoms. The average Bonchev–Trinajstić information content (AvgIpc) is 2.91. The van der Waals surface area contributed by atoms with Gasteiger partial charge in [-0.2, -0.15) is 0 Å². The van der Waals surface area contributed by atoms with Crippen molar-refractivity contribution in [3.05, 3.63) is 59.7 Å². The highest BCUT2D eigenvalue weighted by Gasteiger charge is 2.39. The molecule has 4 rings (SSSR count). The molecule has 218 valence electrons. The number of thioether (sulfide) groups is 2. The lowest BCUT2D eigenvalue weighted by Crippen LogP contribution is -2.44. The number of hydrogen-bond acceptors (Lipinski definition) is 4. The second-order valence-corrected chi connectivity index (χ2v) is 19.8. The maximum atomic E-state index is 9.46. The van der Waals surface area contributed by atoms with Gasteiger partial charge in [-0.1, -0.05) is 45.0 Å². The van der Waals surface area contributed by atoms with Gasteiger partial charge in [0.2, 0.25) is 0 Å². The minimum Gasteiger partial charge on any atom is -0.414 e. The van der Waals surface area contributed by atoms with Gasteiger partial charge in [-0.3, -0.25) is 0 Å². The number of hydrogen-bond donors (Lipinski definition) is 1. The van der Waals surface area contributed by atoms with E-state index in [0.29, 0.717) is 11.1 Å². The van der Waals surface area contributed by atoms with E-state index >= 15 is 0 Å². The van der Waals surface area contributed by atoms with Crippen LogP contribution in [0.1, 0.15) is 83.3 Å². The molecule has 2 aliphatic rings. The second-order valence-electron chi connectivity index (χ2n) is 13.3. The number of benzene rings is 2. The molecule has 0 saturated heterocycles. The molecule has 2 aromatic rings. The van der Waals surface area contributed by atoms with Crippen LogP contribution in [0.3, 0.4) is 0 Å². The van der Waals surface area contributed by atoms with Crippen molar-refractivity contribution in [2.24, 2.45) is 11.8 Å². The first-order valence-corrected chi connectivity index (χ1v) is 20.5. The molecule has 2 nitrogen and oxygen atoms in total. The zero-order valence-electron chi connectivity index (χ0n) is 25.7. The van der Waals surface area contributed by atoms with Crippen LogP contribution in [0.5, 0.6) is 0 Å². The molecule has 1 N–H and O–H groups in total. The van der Waals surface area contributed by atoms with E-state index in [1.807, 2.05) is 11.8 Å². The number of aliphatic hydroxyl groups excluding tert-OH is 1. The molecule has 0 aliphatic heterocycles. The summed E-state index contributed by atoms with van der Waals surface area (Å²) in [6.45, 7) is 11.8. The van der Waals surface area contributed by atoms with E-state index in [-0.39, 0.29) is 6.10 Å². The fourth-order valence-corrected chi connectivity index (χ4v) is 7.83. The summed E-state index contributed by atoms with van der Waals surface area (Å²) in [6, 6.07) is 18.0. The SMILES string of the molecule is CSc1ccc(CC2CCC(O)CC2)cc1.CSc1ccc(CC2CCC(O[Si](C)(C)C(C)(C)C)CC2)cc1. The second kappa shape index (κ2) is 15.5. The van der Waals surface area contributed by atoms with E-state index in [1.165, 1.54) is 72.3 Å². The predicted octanol–water partition coefficient (Wildman–Crippen LogP) is 10.0. The molecule has 2 fully saturated rings. The highest BCUT2D eigenvalue weighted by Crippen LogP contribution is 2.40. The Bertz CT molecular complexity index is 952. The van der Waals surface area contributed by atoms with Crippen molar-refractivity contribution in [2.75, 3.05) is 12.5 Å². The Labute approximate surface area is 249 Å².